The van der Waals surface area contributed by atoms with Crippen LogP contribution in [-0.2, 0) is 26.5 Å². The van der Waals surface area contributed by atoms with Gasteiger partial charge in [0.15, 0.2) is 0 Å². The summed E-state index contributed by atoms with van der Waals surface area (Å²) < 4.78 is 5.14. The van der Waals surface area contributed by atoms with E-state index in [0.29, 0.717) is 16.7 Å². The molecule has 1 aliphatic rings. The van der Waals surface area contributed by atoms with Gasteiger partial charge in [0.25, 0.3) is 5.91 Å². The van der Waals surface area contributed by atoms with E-state index >= 15 is 0 Å². The predicted molar refractivity (Wildman–Crippen MR) is 95.0 cm³/mol. The highest BCUT2D eigenvalue weighted by molar-refractivity contribution is 6.08. The molecule has 136 valence electrons. The lowest BCUT2D eigenvalue weighted by Crippen LogP contribution is -2.41. The Kier molecular flexibility index (Phi) is 4.90. The molecule has 0 saturated carbocycles. The number of esters is 1. The lowest BCUT2D eigenvalue weighted by Gasteiger charge is -2.21. The van der Waals surface area contributed by atoms with Gasteiger partial charge in [-0.15, -0.1) is 0 Å². The lowest BCUT2D eigenvalue weighted by atomic mass is 9.92. The first-order valence-corrected chi connectivity index (χ1v) is 8.29. The number of amides is 3. The Morgan fingerprint density at radius 2 is 1.81 bits per heavy atom. The standard InChI is InChI=1S/C20H17N3O4/c1-20(16-9-3-2-4-10-16)18(25)23(19(26)22-20)12-17(24)27-13-15-8-6-5-7-14(15)11-21/h2-10H,12-13H2,1H3,(H,22,26)/t20-/m1/s1. The van der Waals surface area contributed by atoms with Gasteiger partial charge in [-0.1, -0.05) is 48.5 Å². The molecule has 1 saturated heterocycles. The van der Waals surface area contributed by atoms with Crippen LogP contribution in [0.15, 0.2) is 54.6 Å². The maximum Gasteiger partial charge on any atom is 0.326 e. The van der Waals surface area contributed by atoms with Crippen molar-refractivity contribution in [3.63, 3.8) is 0 Å². The SMILES string of the molecule is C[C@]1(c2ccccc2)NC(=O)N(CC(=O)OCc2ccccc2C#N)C1=O. The third kappa shape index (κ3) is 3.51. The van der Waals surface area contributed by atoms with Gasteiger partial charge >= 0.3 is 12.0 Å². The zero-order valence-corrected chi connectivity index (χ0v) is 14.6. The van der Waals surface area contributed by atoms with Crippen LogP contribution in [0.1, 0.15) is 23.6 Å². The Labute approximate surface area is 156 Å². The average Bonchev–Trinajstić information content (AvgIpc) is 2.91. The van der Waals surface area contributed by atoms with Crippen LogP contribution in [0.25, 0.3) is 0 Å². The van der Waals surface area contributed by atoms with Gasteiger partial charge in [-0.3, -0.25) is 14.5 Å². The number of nitriles is 1. The molecule has 27 heavy (non-hydrogen) atoms. The largest absolute Gasteiger partial charge is 0.459 e. The van der Waals surface area contributed by atoms with Crippen molar-refractivity contribution in [2.24, 2.45) is 0 Å². The van der Waals surface area contributed by atoms with E-state index in [1.807, 2.05) is 12.1 Å². The number of benzene rings is 2. The average molecular weight is 363 g/mol. The van der Waals surface area contributed by atoms with E-state index in [4.69, 9.17) is 10.00 Å². The first-order chi connectivity index (χ1) is 13.0. The molecule has 1 N–H and O–H groups in total. The Bertz CT molecular complexity index is 936. The number of hydrogen-bond acceptors (Lipinski definition) is 5. The molecule has 2 aromatic carbocycles. The molecule has 1 fully saturated rings. The van der Waals surface area contributed by atoms with Gasteiger partial charge < -0.3 is 10.1 Å². The van der Waals surface area contributed by atoms with Crippen molar-refractivity contribution in [1.29, 1.82) is 5.26 Å². The van der Waals surface area contributed by atoms with Gasteiger partial charge in [-0.2, -0.15) is 5.26 Å². The molecule has 1 atom stereocenters. The second kappa shape index (κ2) is 7.30. The summed E-state index contributed by atoms with van der Waals surface area (Å²) in [5.41, 5.74) is 0.352. The monoisotopic (exact) mass is 363 g/mol. The minimum atomic E-state index is -1.23. The maximum atomic E-state index is 12.7. The highest BCUT2D eigenvalue weighted by Crippen LogP contribution is 2.28. The Morgan fingerprint density at radius 3 is 2.52 bits per heavy atom. The third-order valence-corrected chi connectivity index (χ3v) is 4.44. The van der Waals surface area contributed by atoms with Crippen molar-refractivity contribution in [2.75, 3.05) is 6.54 Å². The summed E-state index contributed by atoms with van der Waals surface area (Å²) in [6.07, 6.45) is 0. The number of nitrogens with zero attached hydrogens (tertiary/aromatic N) is 2. The fraction of sp³-hybridized carbons (Fsp3) is 0.200. The molecule has 0 aromatic heterocycles. The van der Waals surface area contributed by atoms with Crippen LogP contribution in [0, 0.1) is 11.3 Å². The van der Waals surface area contributed by atoms with Crippen molar-refractivity contribution in [2.45, 2.75) is 19.1 Å². The molecule has 1 heterocycles. The summed E-state index contributed by atoms with van der Waals surface area (Å²) in [6, 6.07) is 16.9. The van der Waals surface area contributed by atoms with E-state index in [9.17, 15) is 14.4 Å². The zero-order chi connectivity index (χ0) is 19.4. The van der Waals surface area contributed by atoms with Crippen LogP contribution in [0.3, 0.4) is 0 Å². The van der Waals surface area contributed by atoms with Gasteiger partial charge in [-0.25, -0.2) is 4.79 Å². The summed E-state index contributed by atoms with van der Waals surface area (Å²) in [5, 5.41) is 11.7. The molecular formula is C20H17N3O4. The lowest BCUT2D eigenvalue weighted by molar-refractivity contribution is -0.148. The first-order valence-electron chi connectivity index (χ1n) is 8.29. The highest BCUT2D eigenvalue weighted by atomic mass is 16.5. The molecule has 2 aromatic rings. The smallest absolute Gasteiger partial charge is 0.326 e. The number of hydrogen-bond donors (Lipinski definition) is 1. The van der Waals surface area contributed by atoms with Crippen LogP contribution < -0.4 is 5.32 Å². The maximum absolute atomic E-state index is 12.7. The van der Waals surface area contributed by atoms with Gasteiger partial charge in [0, 0.05) is 5.56 Å². The molecule has 1 aliphatic heterocycles. The topological polar surface area (TPSA) is 99.5 Å². The van der Waals surface area contributed by atoms with Gasteiger partial charge in [-0.05, 0) is 18.6 Å². The number of carbonyl (C=O) groups excluding carboxylic acids is 3. The summed E-state index contributed by atoms with van der Waals surface area (Å²) >= 11 is 0. The normalized spacial score (nSPS) is 18.7. The summed E-state index contributed by atoms with van der Waals surface area (Å²) in [7, 11) is 0. The van der Waals surface area contributed by atoms with Crippen molar-refractivity contribution < 1.29 is 19.1 Å². The van der Waals surface area contributed by atoms with Gasteiger partial charge in [0.1, 0.15) is 18.7 Å². The van der Waals surface area contributed by atoms with E-state index < -0.39 is 30.0 Å². The second-order valence-electron chi connectivity index (χ2n) is 6.24. The van der Waals surface area contributed by atoms with Crippen molar-refractivity contribution in [3.8, 4) is 6.07 Å². The summed E-state index contributed by atoms with van der Waals surface area (Å²) in [4.78, 5) is 37.9. The van der Waals surface area contributed by atoms with Gasteiger partial charge in [0.05, 0.1) is 11.6 Å². The molecule has 0 unspecified atom stereocenters. The molecule has 0 spiro atoms. The number of urea groups is 1. The molecule has 0 bridgehead atoms. The van der Waals surface area contributed by atoms with Crippen LogP contribution >= 0.6 is 0 Å². The van der Waals surface area contributed by atoms with Crippen molar-refractivity contribution in [1.82, 2.24) is 10.2 Å². The van der Waals surface area contributed by atoms with Crippen molar-refractivity contribution in [3.05, 3.63) is 71.3 Å². The van der Waals surface area contributed by atoms with E-state index in [1.165, 1.54) is 0 Å². The van der Waals surface area contributed by atoms with Crippen LogP contribution in [-0.4, -0.2) is 29.4 Å². The number of rotatable bonds is 5. The molecular weight excluding hydrogens is 346 g/mol. The Morgan fingerprint density at radius 1 is 1.15 bits per heavy atom. The van der Waals surface area contributed by atoms with E-state index in [0.717, 1.165) is 4.90 Å². The van der Waals surface area contributed by atoms with Crippen LogP contribution in [0.4, 0.5) is 4.79 Å². The molecule has 3 rings (SSSR count). The number of ether oxygens (including phenoxy) is 1. The van der Waals surface area contributed by atoms with Crippen molar-refractivity contribution >= 4 is 17.9 Å². The molecule has 3 amide bonds. The first kappa shape index (κ1) is 18.1. The predicted octanol–water partition coefficient (Wildman–Crippen LogP) is 2.07. The molecule has 0 radical (unpaired) electrons. The highest BCUT2D eigenvalue weighted by Gasteiger charge is 2.49. The minimum Gasteiger partial charge on any atom is -0.459 e. The zero-order valence-electron chi connectivity index (χ0n) is 14.6. The fourth-order valence-corrected chi connectivity index (χ4v) is 2.90. The Balaban J connectivity index is 1.67. The minimum absolute atomic E-state index is 0.109. The molecule has 7 nitrogen and oxygen atoms in total. The fourth-order valence-electron chi connectivity index (χ4n) is 2.90. The number of imide groups is 1. The van der Waals surface area contributed by atoms with E-state index in [2.05, 4.69) is 5.32 Å². The third-order valence-electron chi connectivity index (χ3n) is 4.44. The van der Waals surface area contributed by atoms with E-state index in [-0.39, 0.29) is 6.61 Å². The van der Waals surface area contributed by atoms with Crippen LogP contribution in [0.5, 0.6) is 0 Å². The molecule has 7 heteroatoms. The van der Waals surface area contributed by atoms with Gasteiger partial charge in [0.2, 0.25) is 0 Å². The second-order valence-corrected chi connectivity index (χ2v) is 6.24. The summed E-state index contributed by atoms with van der Waals surface area (Å²) in [6.45, 7) is 0.987. The summed E-state index contributed by atoms with van der Waals surface area (Å²) in [5.74, 6) is -1.25. The van der Waals surface area contributed by atoms with Crippen LogP contribution in [0.2, 0.25) is 0 Å². The quantitative estimate of drug-likeness (QED) is 0.647. The number of carbonyl (C=O) groups is 3. The van der Waals surface area contributed by atoms with E-state index in [1.54, 1.807) is 55.5 Å². The number of nitrogens with one attached hydrogen (secondary N) is 1. The Hall–Kier alpha value is -3.66. The molecule has 0 aliphatic carbocycles.